The highest BCUT2D eigenvalue weighted by atomic mass is 16.5. The molecule has 0 heterocycles. The third-order valence-electron chi connectivity index (χ3n) is 5.13. The Kier molecular flexibility index (Phi) is 7.67. The average Bonchev–Trinajstić information content (AvgIpc) is 2.90. The van der Waals surface area contributed by atoms with Crippen LogP contribution in [-0.4, -0.2) is 30.6 Å². The number of nitrogens with zero attached hydrogens (tertiary/aromatic N) is 1. The molecule has 4 aromatic rings. The molecule has 0 aliphatic rings. The van der Waals surface area contributed by atoms with E-state index in [1.165, 1.54) is 6.21 Å². The highest BCUT2D eigenvalue weighted by Gasteiger charge is 2.15. The second-order valence-electron chi connectivity index (χ2n) is 7.56. The summed E-state index contributed by atoms with van der Waals surface area (Å²) in [5.74, 6) is -1.46. The highest BCUT2D eigenvalue weighted by Crippen LogP contribution is 2.27. The van der Waals surface area contributed by atoms with E-state index in [1.807, 2.05) is 37.3 Å². The maximum Gasteiger partial charge on any atom is 0.343 e. The zero-order valence-corrected chi connectivity index (χ0v) is 19.4. The van der Waals surface area contributed by atoms with E-state index in [9.17, 15) is 14.4 Å². The summed E-state index contributed by atoms with van der Waals surface area (Å²) in [6.45, 7) is 2.40. The predicted octanol–water partition coefficient (Wildman–Crippen LogP) is 4.55. The number of para-hydroxylation sites is 1. The van der Waals surface area contributed by atoms with Crippen LogP contribution in [0.1, 0.15) is 22.8 Å². The third kappa shape index (κ3) is 5.92. The molecule has 0 aliphatic heterocycles. The van der Waals surface area contributed by atoms with Crippen molar-refractivity contribution in [3.63, 3.8) is 0 Å². The largest absolute Gasteiger partial charge is 0.494 e. The molecule has 2 amide bonds. The number of hydrogen-bond donors (Lipinski definition) is 2. The van der Waals surface area contributed by atoms with Crippen molar-refractivity contribution in [1.29, 1.82) is 0 Å². The Hall–Kier alpha value is -4.98. The Bertz CT molecular complexity index is 1420. The summed E-state index contributed by atoms with van der Waals surface area (Å²) in [6.07, 6.45) is 1.34. The second-order valence-corrected chi connectivity index (χ2v) is 7.56. The summed E-state index contributed by atoms with van der Waals surface area (Å²) in [6, 6.07) is 26.2. The SMILES string of the molecule is CCOc1ccc(C(=O)Oc2ccc3ccccc3c2/C=N\NC(=O)C(=O)Nc2ccccc2)cc1. The van der Waals surface area contributed by atoms with Crippen LogP contribution in [0.4, 0.5) is 5.69 Å². The van der Waals surface area contributed by atoms with Crippen molar-refractivity contribution in [2.45, 2.75) is 6.92 Å². The molecule has 0 radical (unpaired) electrons. The number of amides is 2. The molecule has 0 bridgehead atoms. The van der Waals surface area contributed by atoms with Gasteiger partial charge in [0.05, 0.1) is 18.4 Å². The molecule has 0 saturated carbocycles. The number of carbonyl (C=O) groups excluding carboxylic acids is 3. The maximum absolute atomic E-state index is 12.8. The number of ether oxygens (including phenoxy) is 2. The Morgan fingerprint density at radius 2 is 1.56 bits per heavy atom. The van der Waals surface area contributed by atoms with Gasteiger partial charge < -0.3 is 14.8 Å². The molecule has 0 unspecified atom stereocenters. The fraction of sp³-hybridized carbons (Fsp3) is 0.0714. The molecule has 4 aromatic carbocycles. The number of benzene rings is 4. The quantitative estimate of drug-likeness (QED) is 0.132. The van der Waals surface area contributed by atoms with Crippen LogP contribution in [0.5, 0.6) is 11.5 Å². The van der Waals surface area contributed by atoms with Crippen LogP contribution in [0.25, 0.3) is 10.8 Å². The Morgan fingerprint density at radius 3 is 2.31 bits per heavy atom. The van der Waals surface area contributed by atoms with Gasteiger partial charge in [-0.25, -0.2) is 10.2 Å². The van der Waals surface area contributed by atoms with Gasteiger partial charge in [-0.2, -0.15) is 5.10 Å². The Morgan fingerprint density at radius 1 is 0.833 bits per heavy atom. The van der Waals surface area contributed by atoms with Crippen LogP contribution in [0, 0.1) is 0 Å². The van der Waals surface area contributed by atoms with Gasteiger partial charge in [-0.05, 0) is 60.2 Å². The minimum atomic E-state index is -0.941. The molecule has 0 spiro atoms. The van der Waals surface area contributed by atoms with E-state index in [0.717, 1.165) is 10.8 Å². The topological polar surface area (TPSA) is 106 Å². The van der Waals surface area contributed by atoms with Gasteiger partial charge in [-0.1, -0.05) is 48.5 Å². The van der Waals surface area contributed by atoms with Crippen LogP contribution in [0.2, 0.25) is 0 Å². The molecule has 180 valence electrons. The lowest BCUT2D eigenvalue weighted by molar-refractivity contribution is -0.136. The number of esters is 1. The molecular formula is C28H23N3O5. The van der Waals surface area contributed by atoms with Crippen LogP contribution in [-0.2, 0) is 9.59 Å². The molecular weight excluding hydrogens is 458 g/mol. The fourth-order valence-electron chi connectivity index (χ4n) is 3.43. The van der Waals surface area contributed by atoms with Crippen molar-refractivity contribution in [3.05, 3.63) is 102 Å². The Labute approximate surface area is 207 Å². The Balaban J connectivity index is 1.52. The molecule has 0 atom stereocenters. The fourth-order valence-corrected chi connectivity index (χ4v) is 3.43. The minimum absolute atomic E-state index is 0.249. The lowest BCUT2D eigenvalue weighted by Crippen LogP contribution is -2.32. The van der Waals surface area contributed by atoms with E-state index < -0.39 is 17.8 Å². The summed E-state index contributed by atoms with van der Waals surface area (Å²) in [7, 11) is 0. The van der Waals surface area contributed by atoms with Crippen molar-refractivity contribution in [3.8, 4) is 11.5 Å². The molecule has 36 heavy (non-hydrogen) atoms. The van der Waals surface area contributed by atoms with Crippen LogP contribution < -0.4 is 20.2 Å². The van der Waals surface area contributed by atoms with E-state index in [4.69, 9.17) is 9.47 Å². The standard InChI is InChI=1S/C28H23N3O5/c1-2-35-22-15-12-20(13-16-22)28(34)36-25-17-14-19-8-6-7-11-23(19)24(25)18-29-31-27(33)26(32)30-21-9-4-3-5-10-21/h3-18H,2H2,1H3,(H,30,32)(H,31,33)/b29-18-. The molecule has 8 nitrogen and oxygen atoms in total. The molecule has 0 aliphatic carbocycles. The first kappa shape index (κ1) is 24.2. The van der Waals surface area contributed by atoms with Gasteiger partial charge in [-0.15, -0.1) is 0 Å². The monoisotopic (exact) mass is 481 g/mol. The van der Waals surface area contributed by atoms with Crippen molar-refractivity contribution in [1.82, 2.24) is 5.43 Å². The van der Waals surface area contributed by atoms with Crippen LogP contribution in [0.3, 0.4) is 0 Å². The van der Waals surface area contributed by atoms with Crippen molar-refractivity contribution < 1.29 is 23.9 Å². The number of fused-ring (bicyclic) bond motifs is 1. The number of carbonyl (C=O) groups is 3. The average molecular weight is 482 g/mol. The van der Waals surface area contributed by atoms with Gasteiger partial charge in [0.2, 0.25) is 0 Å². The summed E-state index contributed by atoms with van der Waals surface area (Å²) in [4.78, 5) is 37.1. The number of nitrogens with one attached hydrogen (secondary N) is 2. The highest BCUT2D eigenvalue weighted by molar-refractivity contribution is 6.39. The molecule has 0 fully saturated rings. The first-order valence-corrected chi connectivity index (χ1v) is 11.2. The van der Waals surface area contributed by atoms with E-state index in [-0.39, 0.29) is 5.75 Å². The molecule has 8 heteroatoms. The number of anilines is 1. The van der Waals surface area contributed by atoms with E-state index >= 15 is 0 Å². The smallest absolute Gasteiger partial charge is 0.343 e. The van der Waals surface area contributed by atoms with E-state index in [1.54, 1.807) is 60.7 Å². The summed E-state index contributed by atoms with van der Waals surface area (Å²) in [5.41, 5.74) is 3.51. The second kappa shape index (κ2) is 11.4. The first-order valence-electron chi connectivity index (χ1n) is 11.2. The molecule has 0 aromatic heterocycles. The van der Waals surface area contributed by atoms with E-state index in [0.29, 0.717) is 29.2 Å². The zero-order chi connectivity index (χ0) is 25.3. The molecule has 4 rings (SSSR count). The van der Waals surface area contributed by atoms with Crippen LogP contribution >= 0.6 is 0 Å². The van der Waals surface area contributed by atoms with Crippen molar-refractivity contribution in [2.75, 3.05) is 11.9 Å². The zero-order valence-electron chi connectivity index (χ0n) is 19.4. The number of hydrazone groups is 1. The van der Waals surface area contributed by atoms with Gasteiger partial charge in [-0.3, -0.25) is 9.59 Å². The first-order chi connectivity index (χ1) is 17.5. The van der Waals surface area contributed by atoms with Crippen molar-refractivity contribution in [2.24, 2.45) is 5.10 Å². The van der Waals surface area contributed by atoms with E-state index in [2.05, 4.69) is 15.8 Å². The number of rotatable bonds is 7. The van der Waals surface area contributed by atoms with Crippen LogP contribution in [0.15, 0.2) is 96.1 Å². The third-order valence-corrected chi connectivity index (χ3v) is 5.13. The molecule has 0 saturated heterocycles. The van der Waals surface area contributed by atoms with Gasteiger partial charge in [0.15, 0.2) is 0 Å². The van der Waals surface area contributed by atoms with Gasteiger partial charge in [0, 0.05) is 11.3 Å². The predicted molar refractivity (Wildman–Crippen MR) is 137 cm³/mol. The lowest BCUT2D eigenvalue weighted by Gasteiger charge is -2.11. The molecule has 2 N–H and O–H groups in total. The lowest BCUT2D eigenvalue weighted by atomic mass is 10.0. The summed E-state index contributed by atoms with van der Waals surface area (Å²) >= 11 is 0. The maximum atomic E-state index is 12.8. The van der Waals surface area contributed by atoms with Gasteiger partial charge >= 0.3 is 17.8 Å². The normalized spacial score (nSPS) is 10.7. The van der Waals surface area contributed by atoms with Gasteiger partial charge in [0.25, 0.3) is 0 Å². The number of hydrogen-bond acceptors (Lipinski definition) is 6. The van der Waals surface area contributed by atoms with Crippen molar-refractivity contribution >= 4 is 40.5 Å². The summed E-state index contributed by atoms with van der Waals surface area (Å²) in [5, 5.41) is 8.05. The summed E-state index contributed by atoms with van der Waals surface area (Å²) < 4.78 is 11.1. The minimum Gasteiger partial charge on any atom is -0.494 e. The van der Waals surface area contributed by atoms with Gasteiger partial charge in [0.1, 0.15) is 11.5 Å².